The molecule has 0 unspecified atom stereocenters. The molecule has 1 aliphatic rings. The molecule has 0 amide bonds. The predicted molar refractivity (Wildman–Crippen MR) is 71.2 cm³/mol. The first-order chi connectivity index (χ1) is 8.72. The number of aromatic nitrogens is 1. The zero-order valence-corrected chi connectivity index (χ0v) is 9.84. The van der Waals surface area contributed by atoms with E-state index in [0.717, 1.165) is 28.9 Å². The number of fused-ring (bicyclic) bond motifs is 1. The van der Waals surface area contributed by atoms with Gasteiger partial charge in [0.1, 0.15) is 11.6 Å². The second kappa shape index (κ2) is 4.35. The maximum atomic E-state index is 9.50. The van der Waals surface area contributed by atoms with E-state index < -0.39 is 7.12 Å². The summed E-state index contributed by atoms with van der Waals surface area (Å²) < 4.78 is 5.43. The van der Waals surface area contributed by atoms with Crippen molar-refractivity contribution in [3.8, 4) is 16.9 Å². The Labute approximate surface area is 106 Å². The smallest absolute Gasteiger partial charge is 0.522 e. The number of anilines is 1. The van der Waals surface area contributed by atoms with Crippen molar-refractivity contribution in [1.82, 2.24) is 4.98 Å². The minimum atomic E-state index is -0.697. The van der Waals surface area contributed by atoms with Crippen LogP contribution in [0, 0.1) is 0 Å². The van der Waals surface area contributed by atoms with Crippen molar-refractivity contribution >= 4 is 12.9 Å². The lowest BCUT2D eigenvalue weighted by molar-refractivity contribution is 0.399. The fraction of sp³-hybridized carbons (Fsp3) is 0.154. The summed E-state index contributed by atoms with van der Waals surface area (Å²) in [6.07, 6.45) is 3.23. The molecule has 3 N–H and O–H groups in total. The van der Waals surface area contributed by atoms with Crippen molar-refractivity contribution in [1.29, 1.82) is 0 Å². The van der Waals surface area contributed by atoms with Crippen LogP contribution in [-0.4, -0.2) is 17.1 Å². The van der Waals surface area contributed by atoms with E-state index in [1.165, 1.54) is 0 Å². The Bertz CT molecular complexity index is 572. The fourth-order valence-corrected chi connectivity index (χ4v) is 2.11. The topological polar surface area (TPSA) is 68.4 Å². The number of hydrogen-bond acceptors (Lipinski definition) is 4. The molecule has 0 saturated carbocycles. The fourth-order valence-electron chi connectivity index (χ4n) is 2.11. The zero-order chi connectivity index (χ0) is 12.5. The second-order valence-electron chi connectivity index (χ2n) is 4.41. The lowest BCUT2D eigenvalue weighted by Gasteiger charge is -2.20. The molecule has 0 fully saturated rings. The maximum absolute atomic E-state index is 9.50. The summed E-state index contributed by atoms with van der Waals surface area (Å²) in [5.41, 5.74) is 8.69. The minimum absolute atomic E-state index is 0.503. The molecule has 0 bridgehead atoms. The maximum Gasteiger partial charge on any atom is 0.522 e. The molecule has 0 spiro atoms. The summed E-state index contributed by atoms with van der Waals surface area (Å²) in [6.45, 7) is 0. The van der Waals surface area contributed by atoms with Crippen molar-refractivity contribution in [3.63, 3.8) is 0 Å². The van der Waals surface area contributed by atoms with Crippen LogP contribution in [0.25, 0.3) is 11.1 Å². The minimum Gasteiger partial charge on any atom is -0.536 e. The molecule has 90 valence electrons. The number of hydrogen-bond donors (Lipinski definition) is 2. The highest BCUT2D eigenvalue weighted by Gasteiger charge is 2.23. The van der Waals surface area contributed by atoms with Crippen LogP contribution >= 0.6 is 0 Å². The standard InChI is InChI=1S/C13H13BN2O2/c15-13-4-3-11(8-16-13)10-2-1-9-5-6-14(17)18-12(9)7-10/h1-4,7-8,17H,5-6H2,(H2,15,16). The molecule has 2 aromatic rings. The first kappa shape index (κ1) is 11.1. The van der Waals surface area contributed by atoms with Gasteiger partial charge in [-0.3, -0.25) is 0 Å². The van der Waals surface area contributed by atoms with Crippen molar-refractivity contribution in [2.24, 2.45) is 0 Å². The van der Waals surface area contributed by atoms with Gasteiger partial charge in [0.15, 0.2) is 0 Å². The molecular weight excluding hydrogens is 227 g/mol. The van der Waals surface area contributed by atoms with E-state index >= 15 is 0 Å². The van der Waals surface area contributed by atoms with Gasteiger partial charge in [-0.15, -0.1) is 0 Å². The van der Waals surface area contributed by atoms with E-state index in [4.69, 9.17) is 10.4 Å². The van der Waals surface area contributed by atoms with Crippen LogP contribution in [0.5, 0.6) is 5.75 Å². The van der Waals surface area contributed by atoms with Crippen molar-refractivity contribution < 1.29 is 9.68 Å². The molecule has 2 heterocycles. The Morgan fingerprint density at radius 1 is 1.22 bits per heavy atom. The van der Waals surface area contributed by atoms with Gasteiger partial charge in [-0.05, 0) is 42.1 Å². The number of pyridine rings is 1. The SMILES string of the molecule is Nc1ccc(-c2ccc3c(c2)OB(O)CC3)cn1. The summed E-state index contributed by atoms with van der Waals surface area (Å²) in [5, 5.41) is 9.50. The number of rotatable bonds is 1. The molecule has 1 aliphatic heterocycles. The Morgan fingerprint density at radius 2 is 2.06 bits per heavy atom. The van der Waals surface area contributed by atoms with E-state index in [1.807, 2.05) is 24.3 Å². The van der Waals surface area contributed by atoms with E-state index in [0.29, 0.717) is 12.1 Å². The molecule has 4 nitrogen and oxygen atoms in total. The van der Waals surface area contributed by atoms with Crippen LogP contribution in [0.1, 0.15) is 5.56 Å². The monoisotopic (exact) mass is 240 g/mol. The molecule has 1 aromatic heterocycles. The van der Waals surface area contributed by atoms with Crippen LogP contribution in [0.3, 0.4) is 0 Å². The highest BCUT2D eigenvalue weighted by molar-refractivity contribution is 6.44. The number of nitrogens with zero attached hydrogens (tertiary/aromatic N) is 1. The number of aryl methyl sites for hydroxylation is 1. The Morgan fingerprint density at radius 3 is 2.83 bits per heavy atom. The Kier molecular flexibility index (Phi) is 2.68. The summed E-state index contributed by atoms with van der Waals surface area (Å²) in [4.78, 5) is 4.07. The summed E-state index contributed by atoms with van der Waals surface area (Å²) >= 11 is 0. The van der Waals surface area contributed by atoms with Crippen molar-refractivity contribution in [3.05, 3.63) is 42.1 Å². The second-order valence-corrected chi connectivity index (χ2v) is 4.41. The average molecular weight is 240 g/mol. The van der Waals surface area contributed by atoms with E-state index in [-0.39, 0.29) is 0 Å². The largest absolute Gasteiger partial charge is 0.536 e. The van der Waals surface area contributed by atoms with E-state index in [1.54, 1.807) is 12.3 Å². The molecule has 18 heavy (non-hydrogen) atoms. The van der Waals surface area contributed by atoms with Gasteiger partial charge < -0.3 is 15.4 Å². The number of nitrogen functional groups attached to an aromatic ring is 1. The Balaban J connectivity index is 1.99. The van der Waals surface area contributed by atoms with Gasteiger partial charge in [0.2, 0.25) is 0 Å². The molecule has 3 rings (SSSR count). The van der Waals surface area contributed by atoms with Gasteiger partial charge in [-0.2, -0.15) is 0 Å². The molecule has 0 radical (unpaired) electrons. The lowest BCUT2D eigenvalue weighted by atomic mass is 9.78. The van der Waals surface area contributed by atoms with Crippen LogP contribution in [0.4, 0.5) is 5.82 Å². The molecule has 0 saturated heterocycles. The highest BCUT2D eigenvalue weighted by atomic mass is 16.5. The first-order valence-corrected chi connectivity index (χ1v) is 5.92. The number of nitrogens with two attached hydrogens (primary N) is 1. The Hall–Kier alpha value is -2.01. The van der Waals surface area contributed by atoms with E-state index in [9.17, 15) is 5.02 Å². The van der Waals surface area contributed by atoms with Crippen LogP contribution in [0.15, 0.2) is 36.5 Å². The van der Waals surface area contributed by atoms with Crippen molar-refractivity contribution in [2.75, 3.05) is 5.73 Å². The molecule has 1 aromatic carbocycles. The van der Waals surface area contributed by atoms with Crippen LogP contribution in [0.2, 0.25) is 6.32 Å². The molecule has 5 heteroatoms. The summed E-state index contributed by atoms with van der Waals surface area (Å²) in [5.74, 6) is 1.26. The average Bonchev–Trinajstić information content (AvgIpc) is 2.38. The van der Waals surface area contributed by atoms with Gasteiger partial charge in [0.05, 0.1) is 0 Å². The van der Waals surface area contributed by atoms with Gasteiger partial charge in [0, 0.05) is 11.8 Å². The van der Waals surface area contributed by atoms with Gasteiger partial charge >= 0.3 is 7.12 Å². The predicted octanol–water partition coefficient (Wildman–Crippen LogP) is 1.75. The normalized spacial score (nSPS) is 13.9. The van der Waals surface area contributed by atoms with E-state index in [2.05, 4.69) is 4.98 Å². The first-order valence-electron chi connectivity index (χ1n) is 5.92. The third-order valence-corrected chi connectivity index (χ3v) is 3.11. The molecule has 0 atom stereocenters. The lowest BCUT2D eigenvalue weighted by Crippen LogP contribution is -2.26. The van der Waals surface area contributed by atoms with Gasteiger partial charge in [-0.1, -0.05) is 12.1 Å². The van der Waals surface area contributed by atoms with Gasteiger partial charge in [-0.25, -0.2) is 4.98 Å². The number of benzene rings is 1. The zero-order valence-electron chi connectivity index (χ0n) is 9.84. The van der Waals surface area contributed by atoms with Gasteiger partial charge in [0.25, 0.3) is 0 Å². The third kappa shape index (κ3) is 2.04. The third-order valence-electron chi connectivity index (χ3n) is 3.11. The van der Waals surface area contributed by atoms with Crippen molar-refractivity contribution in [2.45, 2.75) is 12.7 Å². The summed E-state index contributed by atoms with van der Waals surface area (Å²) in [7, 11) is -0.697. The molecular formula is C13H13BN2O2. The summed E-state index contributed by atoms with van der Waals surface area (Å²) in [6, 6.07) is 9.69. The quantitative estimate of drug-likeness (QED) is 0.745. The van der Waals surface area contributed by atoms with Crippen LogP contribution < -0.4 is 10.4 Å². The molecule has 0 aliphatic carbocycles. The van der Waals surface area contributed by atoms with Crippen LogP contribution in [-0.2, 0) is 6.42 Å². The highest BCUT2D eigenvalue weighted by Crippen LogP contribution is 2.31.